The van der Waals surface area contributed by atoms with Gasteiger partial charge in [0.05, 0.1) is 13.2 Å². The number of amides is 1. The van der Waals surface area contributed by atoms with Crippen LogP contribution in [0, 0.1) is 12.3 Å². The van der Waals surface area contributed by atoms with Crippen molar-refractivity contribution in [2.75, 3.05) is 19.8 Å². The fourth-order valence-electron chi connectivity index (χ4n) is 1.45. The minimum Gasteiger partial charge on any atom is -0.493 e. The van der Waals surface area contributed by atoms with Crippen molar-refractivity contribution in [3.63, 3.8) is 0 Å². The van der Waals surface area contributed by atoms with Gasteiger partial charge in [-0.05, 0) is 19.1 Å². The number of hydrogen-bond donors (Lipinski definition) is 1. The number of para-hydroxylation sites is 1. The molecule has 21 heavy (non-hydrogen) atoms. The number of benzene rings is 1. The van der Waals surface area contributed by atoms with Gasteiger partial charge in [-0.1, -0.05) is 24.1 Å². The molecule has 0 atom stereocenters. The lowest BCUT2D eigenvalue weighted by Gasteiger charge is -2.06. The largest absolute Gasteiger partial charge is 0.493 e. The molecule has 110 valence electrons. The highest BCUT2D eigenvalue weighted by Gasteiger charge is 2.04. The lowest BCUT2D eigenvalue weighted by Crippen LogP contribution is -2.28. The van der Waals surface area contributed by atoms with Gasteiger partial charge >= 0.3 is 5.97 Å². The van der Waals surface area contributed by atoms with Crippen LogP contribution in [0.2, 0.25) is 0 Å². The van der Waals surface area contributed by atoms with Gasteiger partial charge in [0.1, 0.15) is 5.75 Å². The van der Waals surface area contributed by atoms with Crippen molar-refractivity contribution in [3.8, 4) is 18.1 Å². The van der Waals surface area contributed by atoms with E-state index in [1.165, 1.54) is 6.08 Å². The maximum atomic E-state index is 11.5. The number of carbonyl (C=O) groups is 2. The third kappa shape index (κ3) is 6.30. The molecule has 0 saturated heterocycles. The SMILES string of the molecule is C#CCNC(=O)COC(=O)/C=C/c1ccccc1OCC. The van der Waals surface area contributed by atoms with E-state index in [2.05, 4.69) is 11.2 Å². The summed E-state index contributed by atoms with van der Waals surface area (Å²) in [6, 6.07) is 7.30. The Morgan fingerprint density at radius 3 is 2.86 bits per heavy atom. The van der Waals surface area contributed by atoms with Gasteiger partial charge < -0.3 is 14.8 Å². The summed E-state index contributed by atoms with van der Waals surface area (Å²) in [6.07, 6.45) is 7.81. The van der Waals surface area contributed by atoms with Crippen LogP contribution < -0.4 is 10.1 Å². The molecule has 0 heterocycles. The van der Waals surface area contributed by atoms with Crippen LogP contribution >= 0.6 is 0 Å². The number of terminal acetylenes is 1. The second-order valence-electron chi connectivity index (χ2n) is 3.89. The molecule has 1 rings (SSSR count). The van der Waals surface area contributed by atoms with Gasteiger partial charge in [0.25, 0.3) is 5.91 Å². The third-order valence-corrected chi connectivity index (χ3v) is 2.35. The predicted molar refractivity (Wildman–Crippen MR) is 79.4 cm³/mol. The van der Waals surface area contributed by atoms with Crippen LogP contribution in [-0.4, -0.2) is 31.6 Å². The minimum absolute atomic E-state index is 0.105. The van der Waals surface area contributed by atoms with Crippen molar-refractivity contribution < 1.29 is 19.1 Å². The van der Waals surface area contributed by atoms with E-state index in [1.807, 2.05) is 31.2 Å². The van der Waals surface area contributed by atoms with E-state index in [9.17, 15) is 9.59 Å². The van der Waals surface area contributed by atoms with Crippen molar-refractivity contribution in [2.45, 2.75) is 6.92 Å². The second-order valence-corrected chi connectivity index (χ2v) is 3.89. The summed E-state index contributed by atoms with van der Waals surface area (Å²) in [6.45, 7) is 2.15. The quantitative estimate of drug-likeness (QED) is 0.467. The Morgan fingerprint density at radius 1 is 1.38 bits per heavy atom. The molecule has 0 bridgehead atoms. The van der Waals surface area contributed by atoms with Crippen LogP contribution in [0.25, 0.3) is 6.08 Å². The zero-order valence-electron chi connectivity index (χ0n) is 11.8. The minimum atomic E-state index is -0.614. The molecule has 0 aliphatic heterocycles. The Balaban J connectivity index is 2.51. The number of nitrogens with one attached hydrogen (secondary N) is 1. The first-order chi connectivity index (χ1) is 10.2. The molecule has 0 aromatic heterocycles. The summed E-state index contributed by atoms with van der Waals surface area (Å²) >= 11 is 0. The first kappa shape index (κ1) is 16.3. The van der Waals surface area contributed by atoms with E-state index in [4.69, 9.17) is 15.9 Å². The lowest BCUT2D eigenvalue weighted by atomic mass is 10.2. The Hall–Kier alpha value is -2.74. The Labute approximate surface area is 123 Å². The van der Waals surface area contributed by atoms with Crippen molar-refractivity contribution in [2.24, 2.45) is 0 Å². The smallest absolute Gasteiger partial charge is 0.331 e. The van der Waals surface area contributed by atoms with Gasteiger partial charge in [0, 0.05) is 11.6 Å². The first-order valence-electron chi connectivity index (χ1n) is 6.44. The summed E-state index contributed by atoms with van der Waals surface area (Å²) in [5, 5.41) is 2.39. The van der Waals surface area contributed by atoms with E-state index >= 15 is 0 Å². The van der Waals surface area contributed by atoms with Crippen LogP contribution in [0.5, 0.6) is 5.75 Å². The van der Waals surface area contributed by atoms with E-state index in [0.29, 0.717) is 12.4 Å². The molecule has 5 nitrogen and oxygen atoms in total. The highest BCUT2D eigenvalue weighted by atomic mass is 16.5. The fraction of sp³-hybridized carbons (Fsp3) is 0.250. The zero-order valence-corrected chi connectivity index (χ0v) is 11.8. The molecule has 0 fully saturated rings. The lowest BCUT2D eigenvalue weighted by molar-refractivity contribution is -0.143. The second kappa shape index (κ2) is 9.21. The maximum Gasteiger partial charge on any atom is 0.331 e. The molecule has 1 amide bonds. The third-order valence-electron chi connectivity index (χ3n) is 2.35. The summed E-state index contributed by atoms with van der Waals surface area (Å²) < 4.78 is 10.2. The molecular weight excluding hydrogens is 270 g/mol. The highest BCUT2D eigenvalue weighted by molar-refractivity contribution is 5.89. The average molecular weight is 287 g/mol. The van der Waals surface area contributed by atoms with Gasteiger partial charge in [-0.15, -0.1) is 6.42 Å². The van der Waals surface area contributed by atoms with Crippen LogP contribution in [0.4, 0.5) is 0 Å². The van der Waals surface area contributed by atoms with Gasteiger partial charge in [0.2, 0.25) is 0 Å². The molecule has 1 aromatic rings. The molecule has 0 aliphatic carbocycles. The predicted octanol–water partition coefficient (Wildman–Crippen LogP) is 1.39. The molecule has 0 saturated carbocycles. The normalized spacial score (nSPS) is 9.90. The van der Waals surface area contributed by atoms with Crippen LogP contribution in [0.15, 0.2) is 30.3 Å². The van der Waals surface area contributed by atoms with Gasteiger partial charge in [-0.2, -0.15) is 0 Å². The van der Waals surface area contributed by atoms with Crippen molar-refractivity contribution >= 4 is 18.0 Å². The number of esters is 1. The van der Waals surface area contributed by atoms with Crippen LogP contribution in [0.1, 0.15) is 12.5 Å². The summed E-state index contributed by atoms with van der Waals surface area (Å²) in [4.78, 5) is 22.7. The number of rotatable bonds is 7. The van der Waals surface area contributed by atoms with E-state index < -0.39 is 11.9 Å². The Bertz CT molecular complexity index is 558. The molecule has 0 aliphatic rings. The summed E-state index contributed by atoms with van der Waals surface area (Å²) in [7, 11) is 0. The van der Waals surface area contributed by atoms with Gasteiger partial charge in [-0.25, -0.2) is 4.79 Å². The Morgan fingerprint density at radius 2 is 2.14 bits per heavy atom. The van der Waals surface area contributed by atoms with Gasteiger partial charge in [-0.3, -0.25) is 4.79 Å². The topological polar surface area (TPSA) is 64.6 Å². The Kier molecular flexibility index (Phi) is 7.15. The molecular formula is C16H17NO4. The van der Waals surface area contributed by atoms with Crippen LogP contribution in [-0.2, 0) is 14.3 Å². The molecule has 0 unspecified atom stereocenters. The number of ether oxygens (including phenoxy) is 2. The van der Waals surface area contributed by atoms with E-state index in [-0.39, 0.29) is 13.2 Å². The highest BCUT2D eigenvalue weighted by Crippen LogP contribution is 2.19. The zero-order chi connectivity index (χ0) is 15.5. The first-order valence-corrected chi connectivity index (χ1v) is 6.44. The van der Waals surface area contributed by atoms with Crippen LogP contribution in [0.3, 0.4) is 0 Å². The average Bonchev–Trinajstić information content (AvgIpc) is 2.50. The molecule has 1 N–H and O–H groups in total. The number of hydrogen-bond acceptors (Lipinski definition) is 4. The molecule has 0 radical (unpaired) electrons. The van der Waals surface area contributed by atoms with E-state index in [0.717, 1.165) is 5.56 Å². The monoisotopic (exact) mass is 287 g/mol. The number of carbonyl (C=O) groups excluding carboxylic acids is 2. The van der Waals surface area contributed by atoms with Gasteiger partial charge in [0.15, 0.2) is 6.61 Å². The van der Waals surface area contributed by atoms with Crippen molar-refractivity contribution in [3.05, 3.63) is 35.9 Å². The standard InChI is InChI=1S/C16H17NO4/c1-3-11-17-15(18)12-21-16(19)10-9-13-7-5-6-8-14(13)20-4-2/h1,5-10H,4,11-12H2,2H3,(H,17,18)/b10-9+. The fourth-order valence-corrected chi connectivity index (χ4v) is 1.45. The summed E-state index contributed by atoms with van der Waals surface area (Å²) in [5.41, 5.74) is 0.757. The summed E-state index contributed by atoms with van der Waals surface area (Å²) in [5.74, 6) is 1.87. The molecule has 5 heteroatoms. The van der Waals surface area contributed by atoms with Crippen molar-refractivity contribution in [1.82, 2.24) is 5.32 Å². The maximum absolute atomic E-state index is 11.5. The molecule has 0 spiro atoms. The van der Waals surface area contributed by atoms with Crippen molar-refractivity contribution in [1.29, 1.82) is 0 Å². The van der Waals surface area contributed by atoms with E-state index in [1.54, 1.807) is 6.08 Å². The molecule has 1 aromatic carbocycles.